The molecular formula is C18H15ClN2O7. The Morgan fingerprint density at radius 3 is 2.89 bits per heavy atom. The van der Waals surface area contributed by atoms with Gasteiger partial charge in [0.15, 0.2) is 18.1 Å². The Hall–Kier alpha value is -3.46. The van der Waals surface area contributed by atoms with Gasteiger partial charge in [-0.15, -0.1) is 0 Å². The third kappa shape index (κ3) is 5.27. The van der Waals surface area contributed by atoms with Crippen molar-refractivity contribution in [2.45, 2.75) is 6.54 Å². The van der Waals surface area contributed by atoms with Gasteiger partial charge >= 0.3 is 12.0 Å². The predicted molar refractivity (Wildman–Crippen MR) is 96.7 cm³/mol. The summed E-state index contributed by atoms with van der Waals surface area (Å²) in [4.78, 5) is 34.9. The third-order valence-corrected chi connectivity index (χ3v) is 3.74. The Balaban J connectivity index is 1.41. The highest BCUT2D eigenvalue weighted by Gasteiger charge is 2.17. The second-order valence-electron chi connectivity index (χ2n) is 5.49. The van der Waals surface area contributed by atoms with E-state index in [4.69, 9.17) is 30.2 Å². The van der Waals surface area contributed by atoms with Crippen LogP contribution in [0.25, 0.3) is 6.08 Å². The fourth-order valence-corrected chi connectivity index (χ4v) is 2.49. The van der Waals surface area contributed by atoms with Gasteiger partial charge in [-0.2, -0.15) is 0 Å². The van der Waals surface area contributed by atoms with E-state index in [1.54, 1.807) is 24.3 Å². The first-order valence-corrected chi connectivity index (χ1v) is 8.43. The summed E-state index contributed by atoms with van der Waals surface area (Å²) in [7, 11) is 0. The average Bonchev–Trinajstić information content (AvgIpc) is 3.34. The van der Waals surface area contributed by atoms with Crippen molar-refractivity contribution in [2.75, 3.05) is 13.4 Å². The van der Waals surface area contributed by atoms with E-state index < -0.39 is 24.5 Å². The number of furan rings is 1. The number of amides is 3. The maximum absolute atomic E-state index is 11.7. The van der Waals surface area contributed by atoms with Gasteiger partial charge in [0, 0.05) is 6.08 Å². The molecule has 2 aromatic rings. The Morgan fingerprint density at radius 1 is 1.25 bits per heavy atom. The van der Waals surface area contributed by atoms with Gasteiger partial charge in [-0.25, -0.2) is 9.59 Å². The molecule has 3 amide bonds. The summed E-state index contributed by atoms with van der Waals surface area (Å²) in [5.41, 5.74) is 0.591. The lowest BCUT2D eigenvalue weighted by Crippen LogP contribution is -2.41. The number of hydrogen-bond acceptors (Lipinski definition) is 7. The van der Waals surface area contributed by atoms with Gasteiger partial charge in [-0.3, -0.25) is 10.1 Å². The minimum Gasteiger partial charge on any atom is -0.467 e. The summed E-state index contributed by atoms with van der Waals surface area (Å²) in [5, 5.41) is 4.80. The van der Waals surface area contributed by atoms with Crippen molar-refractivity contribution in [3.63, 3.8) is 0 Å². The Kier molecular flexibility index (Phi) is 6.18. The number of carbonyl (C=O) groups excluding carboxylic acids is 3. The van der Waals surface area contributed by atoms with Gasteiger partial charge in [0.05, 0.1) is 17.8 Å². The summed E-state index contributed by atoms with van der Waals surface area (Å²) in [6.07, 6.45) is 4.03. The van der Waals surface area contributed by atoms with E-state index in [-0.39, 0.29) is 13.3 Å². The largest absolute Gasteiger partial charge is 0.467 e. The molecule has 28 heavy (non-hydrogen) atoms. The van der Waals surface area contributed by atoms with E-state index in [2.05, 4.69) is 5.32 Å². The number of rotatable bonds is 6. The maximum Gasteiger partial charge on any atom is 0.331 e. The molecule has 1 aliphatic rings. The molecule has 10 heteroatoms. The van der Waals surface area contributed by atoms with Crippen LogP contribution in [0.1, 0.15) is 11.3 Å². The lowest BCUT2D eigenvalue weighted by molar-refractivity contribution is -0.143. The summed E-state index contributed by atoms with van der Waals surface area (Å²) in [6.45, 7) is -0.416. The van der Waals surface area contributed by atoms with Crippen LogP contribution in [0.5, 0.6) is 11.5 Å². The van der Waals surface area contributed by atoms with Crippen LogP contribution in [0, 0.1) is 0 Å². The zero-order chi connectivity index (χ0) is 19.9. The monoisotopic (exact) mass is 406 g/mol. The van der Waals surface area contributed by atoms with Crippen LogP contribution in [0.4, 0.5) is 4.79 Å². The normalized spacial score (nSPS) is 12.0. The number of halogens is 1. The van der Waals surface area contributed by atoms with Crippen molar-refractivity contribution in [1.82, 2.24) is 10.6 Å². The minimum atomic E-state index is -0.773. The standard InChI is InChI=1S/C18H15ClN2O7/c19-13-6-11(7-14-17(13)28-10-27-14)3-4-16(23)26-9-15(22)21-18(24)20-8-12-2-1-5-25-12/h1-7H,8-10H2,(H2,20,21,22,24)/b4-3+. The number of nitrogens with one attached hydrogen (secondary N) is 2. The first-order chi connectivity index (χ1) is 13.5. The number of carbonyl (C=O) groups is 3. The van der Waals surface area contributed by atoms with Crippen molar-refractivity contribution in [1.29, 1.82) is 0 Å². The Bertz CT molecular complexity index is 909. The van der Waals surface area contributed by atoms with Gasteiger partial charge in [0.25, 0.3) is 5.91 Å². The number of imide groups is 1. The van der Waals surface area contributed by atoms with Crippen LogP contribution in [-0.2, 0) is 20.9 Å². The van der Waals surface area contributed by atoms with E-state index in [1.165, 1.54) is 12.3 Å². The highest BCUT2D eigenvalue weighted by Crippen LogP contribution is 2.40. The zero-order valence-electron chi connectivity index (χ0n) is 14.4. The molecule has 1 aromatic heterocycles. The molecule has 1 aliphatic heterocycles. The highest BCUT2D eigenvalue weighted by atomic mass is 35.5. The fourth-order valence-electron chi connectivity index (χ4n) is 2.22. The molecule has 2 heterocycles. The van der Waals surface area contributed by atoms with E-state index in [0.717, 1.165) is 6.08 Å². The van der Waals surface area contributed by atoms with E-state index >= 15 is 0 Å². The zero-order valence-corrected chi connectivity index (χ0v) is 15.2. The molecule has 0 fully saturated rings. The van der Waals surface area contributed by atoms with Crippen LogP contribution in [0.2, 0.25) is 5.02 Å². The van der Waals surface area contributed by atoms with Crippen molar-refractivity contribution in [2.24, 2.45) is 0 Å². The van der Waals surface area contributed by atoms with Crippen molar-refractivity contribution < 1.29 is 33.0 Å². The number of benzene rings is 1. The third-order valence-electron chi connectivity index (χ3n) is 3.46. The van der Waals surface area contributed by atoms with Gasteiger partial charge in [-0.1, -0.05) is 11.6 Å². The van der Waals surface area contributed by atoms with Gasteiger partial charge in [0.2, 0.25) is 6.79 Å². The molecule has 0 aliphatic carbocycles. The van der Waals surface area contributed by atoms with Crippen LogP contribution in [0.15, 0.2) is 41.0 Å². The van der Waals surface area contributed by atoms with Crippen molar-refractivity contribution in [3.05, 3.63) is 53.0 Å². The Morgan fingerprint density at radius 2 is 2.11 bits per heavy atom. The number of fused-ring (bicyclic) bond motifs is 1. The molecule has 2 N–H and O–H groups in total. The smallest absolute Gasteiger partial charge is 0.331 e. The van der Waals surface area contributed by atoms with Crippen LogP contribution >= 0.6 is 11.6 Å². The number of ether oxygens (including phenoxy) is 3. The molecule has 0 saturated carbocycles. The van der Waals surface area contributed by atoms with Crippen molar-refractivity contribution >= 4 is 35.6 Å². The lowest BCUT2D eigenvalue weighted by Gasteiger charge is -2.05. The number of esters is 1. The summed E-state index contributed by atoms with van der Waals surface area (Å²) in [6, 6.07) is 5.85. The Labute approximate surface area is 164 Å². The molecular weight excluding hydrogens is 392 g/mol. The van der Waals surface area contributed by atoms with E-state index in [0.29, 0.717) is 27.8 Å². The molecule has 0 atom stereocenters. The van der Waals surface area contributed by atoms with Gasteiger partial charge in [-0.05, 0) is 35.9 Å². The second kappa shape index (κ2) is 8.96. The molecule has 0 bridgehead atoms. The lowest BCUT2D eigenvalue weighted by atomic mass is 10.2. The maximum atomic E-state index is 11.7. The first-order valence-electron chi connectivity index (χ1n) is 8.05. The van der Waals surface area contributed by atoms with E-state index in [9.17, 15) is 14.4 Å². The van der Waals surface area contributed by atoms with Crippen LogP contribution in [-0.4, -0.2) is 31.3 Å². The predicted octanol–water partition coefficient (Wildman–Crippen LogP) is 2.24. The quantitative estimate of drug-likeness (QED) is 0.558. The first kappa shape index (κ1) is 19.3. The van der Waals surface area contributed by atoms with Crippen LogP contribution in [0.3, 0.4) is 0 Å². The molecule has 9 nitrogen and oxygen atoms in total. The number of hydrogen-bond donors (Lipinski definition) is 2. The van der Waals surface area contributed by atoms with Gasteiger partial charge < -0.3 is 23.9 Å². The van der Waals surface area contributed by atoms with E-state index in [1.807, 2.05) is 5.32 Å². The second-order valence-corrected chi connectivity index (χ2v) is 5.89. The molecule has 0 saturated heterocycles. The molecule has 0 unspecified atom stereocenters. The van der Waals surface area contributed by atoms with Gasteiger partial charge in [0.1, 0.15) is 5.76 Å². The molecule has 1 aromatic carbocycles. The summed E-state index contributed by atoms with van der Waals surface area (Å²) < 4.78 is 20.2. The summed E-state index contributed by atoms with van der Waals surface area (Å²) >= 11 is 6.05. The topological polar surface area (TPSA) is 116 Å². The highest BCUT2D eigenvalue weighted by molar-refractivity contribution is 6.32. The van der Waals surface area contributed by atoms with Crippen LogP contribution < -0.4 is 20.1 Å². The molecule has 0 spiro atoms. The minimum absolute atomic E-state index is 0.0778. The number of urea groups is 1. The summed E-state index contributed by atoms with van der Waals surface area (Å²) in [5.74, 6) is -0.0867. The molecule has 146 valence electrons. The fraction of sp³-hybridized carbons (Fsp3) is 0.167. The average molecular weight is 407 g/mol. The molecule has 3 rings (SSSR count). The van der Waals surface area contributed by atoms with Crippen molar-refractivity contribution in [3.8, 4) is 11.5 Å². The SMILES string of the molecule is O=C(COC(=O)/C=C/c1cc(Cl)c2c(c1)OCO2)NC(=O)NCc1ccco1. The molecule has 0 radical (unpaired) electrons.